The van der Waals surface area contributed by atoms with Crippen LogP contribution in [0.4, 0.5) is 0 Å². The van der Waals surface area contributed by atoms with Crippen LogP contribution in [-0.2, 0) is 54.4 Å². The van der Waals surface area contributed by atoms with Crippen LogP contribution in [-0.4, -0.2) is 163 Å². The van der Waals surface area contributed by atoms with Gasteiger partial charge in [-0.25, -0.2) is 9.78 Å². The highest BCUT2D eigenvalue weighted by atomic mass is 16.4. The number of nitrogens with zero attached hydrogens (tertiary/aromatic N) is 1. The van der Waals surface area contributed by atoms with Crippen molar-refractivity contribution in [3.8, 4) is 0 Å². The summed E-state index contributed by atoms with van der Waals surface area (Å²) in [5, 5.41) is 65.3. The van der Waals surface area contributed by atoms with Crippen molar-refractivity contribution in [3.05, 3.63) is 18.2 Å². The van der Waals surface area contributed by atoms with Gasteiger partial charge in [0.2, 0.25) is 47.3 Å². The summed E-state index contributed by atoms with van der Waals surface area (Å²) in [5.74, 6) is -12.3. The molecule has 0 spiro atoms. The molecule has 1 heterocycles. The fraction of sp³-hybridized carbons (Fsp3) is 0.650. The Morgan fingerprint density at radius 3 is 1.68 bits per heavy atom. The van der Waals surface area contributed by atoms with E-state index in [9.17, 15) is 68.4 Å². The maximum absolute atomic E-state index is 14.0. The molecule has 382 valence electrons. The number of carboxylic acids is 2. The largest absolute Gasteiger partial charge is 0.481 e. The highest BCUT2D eigenvalue weighted by molar-refractivity contribution is 5.98. The number of aliphatic hydroxyl groups is 2. The number of aromatic nitrogens is 2. The molecule has 0 fully saturated rings. The van der Waals surface area contributed by atoms with Crippen molar-refractivity contribution in [2.75, 3.05) is 13.2 Å². The first kappa shape index (κ1) is 59.1. The number of imidazole rings is 1. The number of rotatable bonds is 32. The molecule has 1 aromatic heterocycles. The normalized spacial score (nSPS) is 15.5. The molecule has 0 saturated heterocycles. The van der Waals surface area contributed by atoms with Crippen LogP contribution >= 0.6 is 0 Å². The van der Waals surface area contributed by atoms with Crippen LogP contribution in [0.2, 0.25) is 0 Å². The Balaban J connectivity index is 3.47. The van der Waals surface area contributed by atoms with Gasteiger partial charge in [-0.15, -0.1) is 0 Å². The number of hydrogen-bond donors (Lipinski definition) is 17. The van der Waals surface area contributed by atoms with Gasteiger partial charge in [0.1, 0.15) is 48.3 Å². The molecular formula is C40H68N14O14. The molecule has 0 bridgehead atoms. The Morgan fingerprint density at radius 2 is 1.19 bits per heavy atom. The first-order chi connectivity index (χ1) is 31.8. The lowest BCUT2D eigenvalue weighted by molar-refractivity contribution is -0.143. The minimum Gasteiger partial charge on any atom is -0.481 e. The Hall–Kier alpha value is -6.94. The van der Waals surface area contributed by atoms with Gasteiger partial charge in [0.25, 0.3) is 0 Å². The molecular weight excluding hydrogens is 901 g/mol. The van der Waals surface area contributed by atoms with Crippen LogP contribution in [0.3, 0.4) is 0 Å². The van der Waals surface area contributed by atoms with E-state index < -0.39 is 158 Å². The van der Waals surface area contributed by atoms with Gasteiger partial charge in [-0.05, 0) is 44.4 Å². The van der Waals surface area contributed by atoms with Gasteiger partial charge in [0.15, 0.2) is 5.96 Å². The molecule has 0 aliphatic heterocycles. The third-order valence-corrected chi connectivity index (χ3v) is 10.4. The molecule has 68 heavy (non-hydrogen) atoms. The molecule has 1 rings (SSSR count). The van der Waals surface area contributed by atoms with E-state index in [4.69, 9.17) is 22.6 Å². The lowest BCUT2D eigenvalue weighted by Crippen LogP contribution is -2.62. The first-order valence-corrected chi connectivity index (χ1v) is 21.8. The molecule has 28 heteroatoms. The summed E-state index contributed by atoms with van der Waals surface area (Å²) in [5.41, 5.74) is 16.4. The molecule has 28 nitrogen and oxygen atoms in total. The average molecular weight is 969 g/mol. The Kier molecular flexibility index (Phi) is 25.8. The van der Waals surface area contributed by atoms with Crippen molar-refractivity contribution in [1.82, 2.24) is 52.5 Å². The van der Waals surface area contributed by atoms with E-state index in [2.05, 4.69) is 52.5 Å². The summed E-state index contributed by atoms with van der Waals surface area (Å²) in [6, 6.07) is -12.3. The van der Waals surface area contributed by atoms with Crippen molar-refractivity contribution < 1.29 is 68.4 Å². The number of aromatic amines is 1. The van der Waals surface area contributed by atoms with E-state index in [-0.39, 0.29) is 43.9 Å². The maximum Gasteiger partial charge on any atom is 0.326 e. The predicted octanol–water partition coefficient (Wildman–Crippen LogP) is -5.77. The Bertz CT molecular complexity index is 1900. The number of primary amides is 1. The van der Waals surface area contributed by atoms with E-state index in [0.29, 0.717) is 0 Å². The van der Waals surface area contributed by atoms with Gasteiger partial charge in [-0.3, -0.25) is 48.6 Å². The molecule has 0 unspecified atom stereocenters. The summed E-state index contributed by atoms with van der Waals surface area (Å²) >= 11 is 0. The number of aliphatic hydroxyl groups excluding tert-OH is 2. The highest BCUT2D eigenvalue weighted by Gasteiger charge is 2.37. The van der Waals surface area contributed by atoms with Crippen LogP contribution in [0.5, 0.6) is 0 Å². The van der Waals surface area contributed by atoms with Crippen LogP contribution in [0, 0.1) is 17.2 Å². The number of amides is 8. The number of aliphatic carboxylic acids is 2. The molecule has 10 atom stereocenters. The number of carboxylic acid groups (broad SMARTS) is 2. The molecule has 0 aliphatic carbocycles. The molecule has 20 N–H and O–H groups in total. The van der Waals surface area contributed by atoms with Gasteiger partial charge in [0, 0.05) is 32.0 Å². The molecule has 0 aromatic carbocycles. The van der Waals surface area contributed by atoms with Gasteiger partial charge < -0.3 is 85.1 Å². The smallest absolute Gasteiger partial charge is 0.326 e. The zero-order chi connectivity index (χ0) is 51.8. The fourth-order valence-corrected chi connectivity index (χ4v) is 6.25. The molecule has 1 aromatic rings. The Morgan fingerprint density at radius 1 is 0.691 bits per heavy atom. The topological polar surface area (TPSA) is 478 Å². The molecule has 0 aliphatic rings. The highest BCUT2D eigenvalue weighted by Crippen LogP contribution is 2.13. The second-order valence-corrected chi connectivity index (χ2v) is 16.4. The number of carbonyl (C=O) groups is 10. The summed E-state index contributed by atoms with van der Waals surface area (Å²) in [7, 11) is 0. The monoisotopic (exact) mass is 969 g/mol. The van der Waals surface area contributed by atoms with Crippen molar-refractivity contribution in [2.24, 2.45) is 29.0 Å². The first-order valence-electron chi connectivity index (χ1n) is 21.8. The third kappa shape index (κ3) is 21.1. The van der Waals surface area contributed by atoms with Crippen molar-refractivity contribution in [1.29, 1.82) is 5.41 Å². The van der Waals surface area contributed by atoms with E-state index in [1.54, 1.807) is 27.7 Å². The number of H-pyrrole nitrogens is 1. The zero-order valence-electron chi connectivity index (χ0n) is 38.6. The molecule has 0 radical (unpaired) electrons. The minimum atomic E-state index is -1.74. The zero-order valence-corrected chi connectivity index (χ0v) is 38.6. The predicted molar refractivity (Wildman–Crippen MR) is 239 cm³/mol. The van der Waals surface area contributed by atoms with Crippen LogP contribution in [0.25, 0.3) is 0 Å². The van der Waals surface area contributed by atoms with Crippen molar-refractivity contribution in [2.45, 2.75) is 140 Å². The summed E-state index contributed by atoms with van der Waals surface area (Å²) in [6.07, 6.45) is -1.09. The quantitative estimate of drug-likeness (QED) is 0.0182. The van der Waals surface area contributed by atoms with E-state index in [1.807, 2.05) is 0 Å². The van der Waals surface area contributed by atoms with E-state index in [1.165, 1.54) is 12.5 Å². The summed E-state index contributed by atoms with van der Waals surface area (Å²) in [6.45, 7) is 6.95. The number of nitrogens with two attached hydrogens (primary N) is 3. The number of nitrogens with one attached hydrogen (secondary N) is 10. The van der Waals surface area contributed by atoms with Gasteiger partial charge in [-0.1, -0.05) is 34.1 Å². The van der Waals surface area contributed by atoms with Crippen molar-refractivity contribution >= 4 is 65.2 Å². The molecule has 8 amide bonds. The Labute approximate surface area is 391 Å². The van der Waals surface area contributed by atoms with E-state index in [0.717, 1.165) is 6.92 Å². The van der Waals surface area contributed by atoms with Crippen molar-refractivity contribution in [3.63, 3.8) is 0 Å². The second-order valence-electron chi connectivity index (χ2n) is 16.4. The standard InChI is InChI=1S/C40H68N14O14/c1-6-19(4)30(37(65)52-29(18(2)3)36(64)50-25(39(67)68)8-7-13-46-40(43)44)53-34(62)23(9-11-27(42)57)48-33(61)24(10-12-28(58)59)49-35(63)26(14-21-15-45-17-47-21)51-38(66)31(20(5)56)54-32(60)22(41)16-55/h15,17-20,22-26,29-31,55-56H,6-14,16,41H2,1-5H3,(H2,42,57)(H,45,47)(H,48,61)(H,49,63)(H,50,64)(H,51,66)(H,52,65)(H,53,62)(H,54,60)(H,58,59)(H,67,68)(H4,43,44,46)/t19-,20+,22-,23-,24-,25-,26-,29-,30-,31-/m0/s1. The lowest BCUT2D eigenvalue weighted by Gasteiger charge is -2.30. The lowest BCUT2D eigenvalue weighted by atomic mass is 9.95. The van der Waals surface area contributed by atoms with Gasteiger partial charge in [-0.2, -0.15) is 0 Å². The fourth-order valence-electron chi connectivity index (χ4n) is 6.25. The average Bonchev–Trinajstić information content (AvgIpc) is 3.78. The SMILES string of the molecule is CC[C@H](C)[C@H](NC(=O)[C@H](CCC(N)=O)NC(=O)[C@H](CCC(=O)O)NC(=O)[C@H](Cc1c[nH]cn1)NC(=O)[C@@H](NC(=O)[C@@H](N)CO)[C@@H](C)O)C(=O)N[C@H](C(=O)N[C@@H](CCCNC(=N)N)C(=O)O)C(C)C. The van der Waals surface area contributed by atoms with Gasteiger partial charge in [0.05, 0.1) is 24.7 Å². The number of guanidine groups is 1. The molecule has 0 saturated carbocycles. The maximum atomic E-state index is 14.0. The van der Waals surface area contributed by atoms with Gasteiger partial charge >= 0.3 is 11.9 Å². The van der Waals surface area contributed by atoms with Crippen LogP contribution < -0.4 is 59.7 Å². The third-order valence-electron chi connectivity index (χ3n) is 10.4. The van der Waals surface area contributed by atoms with Crippen LogP contribution in [0.15, 0.2) is 12.5 Å². The summed E-state index contributed by atoms with van der Waals surface area (Å²) in [4.78, 5) is 137. The second kappa shape index (κ2) is 29.6. The van der Waals surface area contributed by atoms with Crippen LogP contribution in [0.1, 0.15) is 85.3 Å². The minimum absolute atomic E-state index is 0.0545. The number of carbonyl (C=O) groups excluding carboxylic acids is 8. The van der Waals surface area contributed by atoms with E-state index >= 15 is 0 Å². The summed E-state index contributed by atoms with van der Waals surface area (Å²) < 4.78 is 0. The number of hydrogen-bond acceptors (Lipinski definition) is 15.